The van der Waals surface area contributed by atoms with E-state index < -0.39 is 5.97 Å². The van der Waals surface area contributed by atoms with Crippen LogP contribution >= 0.6 is 0 Å². The highest BCUT2D eigenvalue weighted by molar-refractivity contribution is 5.62. The highest BCUT2D eigenvalue weighted by Crippen LogP contribution is 2.13. The molecule has 1 aliphatic rings. The molecule has 1 fully saturated rings. The Labute approximate surface area is 152 Å². The molecule has 0 aromatic heterocycles. The highest BCUT2D eigenvalue weighted by Gasteiger charge is 2.16. The molecule has 0 amide bonds. The number of aliphatic carboxylic acids is 1. The second kappa shape index (κ2) is 33.7. The monoisotopic (exact) mass is 349 g/mol. The molecular weight excluding hydrogens is 302 g/mol. The largest absolute Gasteiger partial charge is 0.481 e. The van der Waals surface area contributed by atoms with Gasteiger partial charge in [0.1, 0.15) is 0 Å². The summed E-state index contributed by atoms with van der Waals surface area (Å²) in [5.74, 6) is -0.833. The standard InChI is InChI=1S/C9H19NO.C4H8.C2H4O2.2C2H6.CH4/c1-2-4-9(11)7-8-5-3-6-10-8;1-3-4-2;1-2(3)4;2*1-2;/h8-11H,2-7H2,1H3;3H,1,4H2,2H3;1H3,(H,3,4);2*1-2H3;1H4. The Kier molecular flexibility index (Phi) is 48.4. The van der Waals surface area contributed by atoms with E-state index in [1.165, 1.54) is 12.8 Å². The highest BCUT2D eigenvalue weighted by atomic mass is 16.4. The summed E-state index contributed by atoms with van der Waals surface area (Å²) in [6.45, 7) is 17.9. The Morgan fingerprint density at radius 1 is 1.29 bits per heavy atom. The van der Waals surface area contributed by atoms with Crippen LogP contribution in [0, 0.1) is 0 Å². The Morgan fingerprint density at radius 3 is 1.96 bits per heavy atom. The molecule has 4 nitrogen and oxygen atoms in total. The van der Waals surface area contributed by atoms with Crippen LogP contribution in [-0.2, 0) is 4.79 Å². The number of allylic oxidation sites excluding steroid dienone is 1. The Morgan fingerprint density at radius 2 is 1.71 bits per heavy atom. The Hall–Kier alpha value is -0.870. The van der Waals surface area contributed by atoms with Crippen LogP contribution in [-0.4, -0.2) is 34.9 Å². The third kappa shape index (κ3) is 42.9. The van der Waals surface area contributed by atoms with Crippen molar-refractivity contribution in [1.82, 2.24) is 5.32 Å². The second-order valence-electron chi connectivity index (χ2n) is 4.69. The topological polar surface area (TPSA) is 69.6 Å². The van der Waals surface area contributed by atoms with Crippen LogP contribution in [0.2, 0.25) is 0 Å². The number of aliphatic hydroxyl groups excluding tert-OH is 1. The van der Waals surface area contributed by atoms with E-state index in [4.69, 9.17) is 9.90 Å². The van der Waals surface area contributed by atoms with Gasteiger partial charge in [-0.1, -0.05) is 61.5 Å². The normalized spacial score (nSPS) is 15.1. The van der Waals surface area contributed by atoms with Crippen molar-refractivity contribution in [2.24, 2.45) is 0 Å². The van der Waals surface area contributed by atoms with Crippen LogP contribution in [0.25, 0.3) is 0 Å². The molecule has 2 atom stereocenters. The van der Waals surface area contributed by atoms with Gasteiger partial charge in [0.05, 0.1) is 6.10 Å². The molecule has 3 N–H and O–H groups in total. The Bertz CT molecular complexity index is 211. The average Bonchev–Trinajstić information content (AvgIpc) is 3.04. The van der Waals surface area contributed by atoms with Gasteiger partial charge in [-0.2, -0.15) is 0 Å². The lowest BCUT2D eigenvalue weighted by Gasteiger charge is -2.14. The van der Waals surface area contributed by atoms with Crippen LogP contribution in [0.3, 0.4) is 0 Å². The van der Waals surface area contributed by atoms with Crippen molar-refractivity contribution in [3.8, 4) is 0 Å². The summed E-state index contributed by atoms with van der Waals surface area (Å²) in [4.78, 5) is 9.00. The van der Waals surface area contributed by atoms with Crippen molar-refractivity contribution >= 4 is 5.97 Å². The van der Waals surface area contributed by atoms with Crippen LogP contribution in [0.4, 0.5) is 0 Å². The van der Waals surface area contributed by atoms with Gasteiger partial charge in [0.2, 0.25) is 0 Å². The van der Waals surface area contributed by atoms with E-state index in [9.17, 15) is 5.11 Å². The molecule has 0 saturated carbocycles. The van der Waals surface area contributed by atoms with E-state index in [-0.39, 0.29) is 13.5 Å². The Balaban J connectivity index is -0.0000000783. The predicted octanol–water partition coefficient (Wildman–Crippen LogP) is 5.65. The van der Waals surface area contributed by atoms with E-state index in [2.05, 4.69) is 25.7 Å². The van der Waals surface area contributed by atoms with Gasteiger partial charge in [0.15, 0.2) is 0 Å². The zero-order valence-electron chi connectivity index (χ0n) is 16.7. The van der Waals surface area contributed by atoms with E-state index in [0.717, 1.165) is 39.2 Å². The van der Waals surface area contributed by atoms with Gasteiger partial charge in [-0.05, 0) is 38.6 Å². The molecule has 1 rings (SSSR count). The maximum Gasteiger partial charge on any atom is 0.300 e. The molecule has 1 aliphatic heterocycles. The number of carbonyl (C=O) groups is 1. The molecule has 0 aliphatic carbocycles. The minimum atomic E-state index is -0.833. The molecule has 2 unspecified atom stereocenters. The van der Waals surface area contributed by atoms with Crippen LogP contribution in [0.15, 0.2) is 12.7 Å². The summed E-state index contributed by atoms with van der Waals surface area (Å²) in [6.07, 6.45) is 8.42. The fourth-order valence-corrected chi connectivity index (χ4v) is 1.74. The van der Waals surface area contributed by atoms with Gasteiger partial charge < -0.3 is 15.5 Å². The zero-order valence-corrected chi connectivity index (χ0v) is 16.7. The van der Waals surface area contributed by atoms with Gasteiger partial charge in [0.25, 0.3) is 5.97 Å². The number of aliphatic hydroxyl groups is 1. The third-order valence-corrected chi connectivity index (χ3v) is 2.63. The molecule has 0 bridgehead atoms. The molecule has 0 spiro atoms. The molecule has 0 radical (unpaired) electrons. The first-order valence-electron chi connectivity index (χ1n) is 9.19. The smallest absolute Gasteiger partial charge is 0.300 e. The molecule has 150 valence electrons. The summed E-state index contributed by atoms with van der Waals surface area (Å²) < 4.78 is 0. The van der Waals surface area contributed by atoms with Gasteiger partial charge in [-0.15, -0.1) is 6.58 Å². The first-order chi connectivity index (χ1) is 11.0. The van der Waals surface area contributed by atoms with Crippen molar-refractivity contribution in [2.45, 2.75) is 107 Å². The summed E-state index contributed by atoms with van der Waals surface area (Å²) in [5.41, 5.74) is 0. The minimum absolute atomic E-state index is 0. The number of rotatable bonds is 5. The summed E-state index contributed by atoms with van der Waals surface area (Å²) in [6, 6.07) is 0.594. The van der Waals surface area contributed by atoms with E-state index in [1.54, 1.807) is 0 Å². The fraction of sp³-hybridized carbons (Fsp3) is 0.850. The first kappa shape index (κ1) is 34.5. The summed E-state index contributed by atoms with van der Waals surface area (Å²) in [5, 5.41) is 20.3. The maximum absolute atomic E-state index is 9.47. The predicted molar refractivity (Wildman–Crippen MR) is 110 cm³/mol. The lowest BCUT2D eigenvalue weighted by atomic mass is 10.0. The van der Waals surface area contributed by atoms with Gasteiger partial charge >= 0.3 is 0 Å². The number of nitrogens with one attached hydrogen (secondary N) is 1. The van der Waals surface area contributed by atoms with Crippen molar-refractivity contribution < 1.29 is 15.0 Å². The molecule has 0 aromatic carbocycles. The molecule has 0 aromatic rings. The SMILES string of the molecule is C.C=CCC.CC.CC.CC(=O)O.CCCC(O)CC1CCCN1. The molecule has 24 heavy (non-hydrogen) atoms. The van der Waals surface area contributed by atoms with Crippen molar-refractivity contribution in [1.29, 1.82) is 0 Å². The van der Waals surface area contributed by atoms with Crippen molar-refractivity contribution in [3.63, 3.8) is 0 Å². The number of hydrogen-bond acceptors (Lipinski definition) is 3. The third-order valence-electron chi connectivity index (χ3n) is 2.63. The second-order valence-corrected chi connectivity index (χ2v) is 4.69. The van der Waals surface area contributed by atoms with E-state index >= 15 is 0 Å². The number of carboxylic acids is 1. The molecule has 4 heteroatoms. The fourth-order valence-electron chi connectivity index (χ4n) is 1.74. The van der Waals surface area contributed by atoms with Crippen molar-refractivity contribution in [3.05, 3.63) is 12.7 Å². The number of hydrogen-bond donors (Lipinski definition) is 3. The summed E-state index contributed by atoms with van der Waals surface area (Å²) >= 11 is 0. The van der Waals surface area contributed by atoms with Crippen LogP contribution in [0.5, 0.6) is 0 Å². The number of carboxylic acid groups (broad SMARTS) is 1. The van der Waals surface area contributed by atoms with E-state index in [0.29, 0.717) is 6.04 Å². The minimum Gasteiger partial charge on any atom is -0.481 e. The summed E-state index contributed by atoms with van der Waals surface area (Å²) in [7, 11) is 0. The molecule has 1 saturated heterocycles. The maximum atomic E-state index is 9.47. The van der Waals surface area contributed by atoms with Gasteiger partial charge in [-0.25, -0.2) is 0 Å². The zero-order chi connectivity index (χ0) is 19.1. The van der Waals surface area contributed by atoms with Crippen LogP contribution in [0.1, 0.15) is 94.4 Å². The lowest BCUT2D eigenvalue weighted by Crippen LogP contribution is -2.26. The first-order valence-corrected chi connectivity index (χ1v) is 9.19. The molecule has 1 heterocycles. The van der Waals surface area contributed by atoms with Gasteiger partial charge in [-0.3, -0.25) is 4.79 Å². The van der Waals surface area contributed by atoms with E-state index in [1.807, 2.05) is 33.8 Å². The van der Waals surface area contributed by atoms with Crippen LogP contribution < -0.4 is 5.32 Å². The quantitative estimate of drug-likeness (QED) is 0.561. The molecular formula is C20H47NO3. The lowest BCUT2D eigenvalue weighted by molar-refractivity contribution is -0.134. The van der Waals surface area contributed by atoms with Crippen molar-refractivity contribution in [2.75, 3.05) is 6.54 Å². The average molecular weight is 350 g/mol. The van der Waals surface area contributed by atoms with Gasteiger partial charge in [0, 0.05) is 13.0 Å².